The molecule has 0 bridgehead atoms. The molecular formula is C12H24N2O2. The van der Waals surface area contributed by atoms with Crippen LogP contribution in [-0.2, 0) is 9.53 Å². The van der Waals surface area contributed by atoms with Gasteiger partial charge in [-0.15, -0.1) is 0 Å². The molecule has 1 rings (SSSR count). The van der Waals surface area contributed by atoms with Crippen LogP contribution in [0.25, 0.3) is 0 Å². The second-order valence-corrected chi connectivity index (χ2v) is 4.78. The number of nitrogens with one attached hydrogen (secondary N) is 2. The van der Waals surface area contributed by atoms with Crippen molar-refractivity contribution in [1.29, 1.82) is 0 Å². The van der Waals surface area contributed by atoms with Crippen LogP contribution in [0.1, 0.15) is 40.0 Å². The van der Waals surface area contributed by atoms with Gasteiger partial charge >= 0.3 is 0 Å². The molecule has 0 aromatic heterocycles. The highest BCUT2D eigenvalue weighted by atomic mass is 16.5. The van der Waals surface area contributed by atoms with Crippen molar-refractivity contribution in [1.82, 2.24) is 10.6 Å². The van der Waals surface area contributed by atoms with Crippen LogP contribution in [0, 0.1) is 0 Å². The molecule has 0 saturated carbocycles. The third-order valence-electron chi connectivity index (χ3n) is 3.27. The molecule has 0 radical (unpaired) electrons. The van der Waals surface area contributed by atoms with E-state index in [1.807, 2.05) is 0 Å². The van der Waals surface area contributed by atoms with E-state index in [9.17, 15) is 4.79 Å². The van der Waals surface area contributed by atoms with Crippen LogP contribution in [0.2, 0.25) is 0 Å². The maximum atomic E-state index is 10.7. The zero-order chi connectivity index (χ0) is 12.0. The summed E-state index contributed by atoms with van der Waals surface area (Å²) >= 11 is 0. The van der Waals surface area contributed by atoms with Crippen molar-refractivity contribution >= 4 is 5.91 Å². The van der Waals surface area contributed by atoms with Crippen molar-refractivity contribution in [2.75, 3.05) is 19.7 Å². The quantitative estimate of drug-likeness (QED) is 0.692. The maximum absolute atomic E-state index is 10.7. The predicted octanol–water partition coefficient (Wildman–Crippen LogP) is 1.06. The highest BCUT2D eigenvalue weighted by molar-refractivity contribution is 5.72. The summed E-state index contributed by atoms with van der Waals surface area (Å²) in [6.45, 7) is 8.26. The van der Waals surface area contributed by atoms with Crippen molar-refractivity contribution in [2.45, 2.75) is 51.7 Å². The van der Waals surface area contributed by atoms with Gasteiger partial charge in [0.15, 0.2) is 0 Å². The lowest BCUT2D eigenvalue weighted by atomic mass is 9.90. The molecule has 0 aromatic carbocycles. The van der Waals surface area contributed by atoms with Crippen LogP contribution in [0.3, 0.4) is 0 Å². The summed E-state index contributed by atoms with van der Waals surface area (Å²) in [5, 5.41) is 6.26. The average molecular weight is 228 g/mol. The van der Waals surface area contributed by atoms with Crippen LogP contribution >= 0.6 is 0 Å². The zero-order valence-corrected chi connectivity index (χ0v) is 10.6. The van der Waals surface area contributed by atoms with Gasteiger partial charge in [-0.25, -0.2) is 0 Å². The van der Waals surface area contributed by atoms with E-state index in [1.54, 1.807) is 6.92 Å². The highest BCUT2D eigenvalue weighted by Crippen LogP contribution is 2.27. The third-order valence-corrected chi connectivity index (χ3v) is 3.27. The van der Waals surface area contributed by atoms with Gasteiger partial charge < -0.3 is 15.4 Å². The summed E-state index contributed by atoms with van der Waals surface area (Å²) in [7, 11) is 0. The number of carbonyl (C=O) groups is 1. The molecule has 2 N–H and O–H groups in total. The van der Waals surface area contributed by atoms with Crippen molar-refractivity contribution in [3.05, 3.63) is 0 Å². The summed E-state index contributed by atoms with van der Waals surface area (Å²) in [5.41, 5.74) is 0.0317. The first-order chi connectivity index (χ1) is 7.56. The second kappa shape index (κ2) is 6.21. The fraction of sp³-hybridized carbons (Fsp3) is 0.917. The van der Waals surface area contributed by atoms with Crippen LogP contribution < -0.4 is 10.6 Å². The standard InChI is InChI=1S/C12H24N2O2/c1-4-12(3)9-11(5-8-16-12)14-7-6-13-10(2)15/h11,14H,4-9H2,1-3H3,(H,13,15). The maximum Gasteiger partial charge on any atom is 0.216 e. The van der Waals surface area contributed by atoms with Crippen molar-refractivity contribution in [3.8, 4) is 0 Å². The Bertz CT molecular complexity index is 233. The molecule has 0 aromatic rings. The highest BCUT2D eigenvalue weighted by Gasteiger charge is 2.31. The van der Waals surface area contributed by atoms with Crippen LogP contribution in [0.15, 0.2) is 0 Å². The molecule has 1 saturated heterocycles. The van der Waals surface area contributed by atoms with Gasteiger partial charge in [0.25, 0.3) is 0 Å². The normalized spacial score (nSPS) is 30.1. The van der Waals surface area contributed by atoms with Gasteiger partial charge in [0.1, 0.15) is 0 Å². The summed E-state index contributed by atoms with van der Waals surface area (Å²) in [4.78, 5) is 10.7. The lowest BCUT2D eigenvalue weighted by Gasteiger charge is -2.38. The first kappa shape index (κ1) is 13.5. The Morgan fingerprint density at radius 1 is 1.50 bits per heavy atom. The molecule has 2 unspecified atom stereocenters. The molecule has 1 aliphatic heterocycles. The van der Waals surface area contributed by atoms with Crippen LogP contribution in [0.4, 0.5) is 0 Å². The molecule has 1 aliphatic rings. The van der Waals surface area contributed by atoms with Crippen molar-refractivity contribution in [2.24, 2.45) is 0 Å². The zero-order valence-electron chi connectivity index (χ0n) is 10.6. The number of carbonyl (C=O) groups excluding carboxylic acids is 1. The summed E-state index contributed by atoms with van der Waals surface area (Å²) in [6, 6.07) is 0.521. The molecule has 2 atom stereocenters. The van der Waals surface area contributed by atoms with Crippen LogP contribution in [0.5, 0.6) is 0 Å². The van der Waals surface area contributed by atoms with E-state index in [4.69, 9.17) is 4.74 Å². The first-order valence-electron chi connectivity index (χ1n) is 6.17. The van der Waals surface area contributed by atoms with E-state index in [2.05, 4.69) is 24.5 Å². The molecule has 16 heavy (non-hydrogen) atoms. The van der Waals surface area contributed by atoms with Crippen LogP contribution in [-0.4, -0.2) is 37.2 Å². The minimum Gasteiger partial charge on any atom is -0.375 e. The van der Waals surface area contributed by atoms with Crippen molar-refractivity contribution in [3.63, 3.8) is 0 Å². The Labute approximate surface area is 98.1 Å². The molecule has 1 heterocycles. The second-order valence-electron chi connectivity index (χ2n) is 4.78. The van der Waals surface area contributed by atoms with E-state index in [0.717, 1.165) is 32.4 Å². The smallest absolute Gasteiger partial charge is 0.216 e. The Hall–Kier alpha value is -0.610. The lowest BCUT2D eigenvalue weighted by Crippen LogP contribution is -2.46. The number of hydrogen-bond donors (Lipinski definition) is 2. The molecule has 1 amide bonds. The fourth-order valence-electron chi connectivity index (χ4n) is 2.07. The molecule has 0 aliphatic carbocycles. The number of amides is 1. The molecule has 94 valence electrons. The van der Waals surface area contributed by atoms with E-state index in [-0.39, 0.29) is 11.5 Å². The van der Waals surface area contributed by atoms with Gasteiger partial charge in [0.05, 0.1) is 5.60 Å². The monoisotopic (exact) mass is 228 g/mol. The third kappa shape index (κ3) is 4.49. The van der Waals surface area contributed by atoms with Gasteiger partial charge in [0, 0.05) is 32.7 Å². The largest absolute Gasteiger partial charge is 0.375 e. The fourth-order valence-corrected chi connectivity index (χ4v) is 2.07. The molecule has 0 spiro atoms. The van der Waals surface area contributed by atoms with E-state index in [0.29, 0.717) is 12.6 Å². The summed E-state index contributed by atoms with van der Waals surface area (Å²) in [5.74, 6) is 0.0344. The van der Waals surface area contributed by atoms with Gasteiger partial charge in [-0.3, -0.25) is 4.79 Å². The Balaban J connectivity index is 2.19. The van der Waals surface area contributed by atoms with Gasteiger partial charge in [-0.1, -0.05) is 6.92 Å². The SMILES string of the molecule is CCC1(C)CC(NCCNC(C)=O)CCO1. The Morgan fingerprint density at radius 2 is 2.25 bits per heavy atom. The van der Waals surface area contributed by atoms with E-state index in [1.165, 1.54) is 0 Å². The number of rotatable bonds is 5. The minimum absolute atomic E-state index is 0.0317. The first-order valence-corrected chi connectivity index (χ1v) is 6.17. The molecule has 4 nitrogen and oxygen atoms in total. The predicted molar refractivity (Wildman–Crippen MR) is 64.4 cm³/mol. The minimum atomic E-state index is 0.0317. The lowest BCUT2D eigenvalue weighted by molar-refractivity contribution is -0.118. The van der Waals surface area contributed by atoms with Gasteiger partial charge in [-0.05, 0) is 26.2 Å². The summed E-state index contributed by atoms with van der Waals surface area (Å²) < 4.78 is 5.78. The molecule has 1 fully saturated rings. The molecular weight excluding hydrogens is 204 g/mol. The Morgan fingerprint density at radius 3 is 2.88 bits per heavy atom. The van der Waals surface area contributed by atoms with E-state index < -0.39 is 0 Å². The van der Waals surface area contributed by atoms with Gasteiger partial charge in [0.2, 0.25) is 5.91 Å². The number of hydrogen-bond acceptors (Lipinski definition) is 3. The molecule has 4 heteroatoms. The van der Waals surface area contributed by atoms with Crippen molar-refractivity contribution < 1.29 is 9.53 Å². The van der Waals surface area contributed by atoms with Gasteiger partial charge in [-0.2, -0.15) is 0 Å². The van der Waals surface area contributed by atoms with E-state index >= 15 is 0 Å². The topological polar surface area (TPSA) is 50.4 Å². The number of ether oxygens (including phenoxy) is 1. The summed E-state index contributed by atoms with van der Waals surface area (Å²) in [6.07, 6.45) is 3.18. The Kier molecular flexibility index (Phi) is 5.22. The average Bonchev–Trinajstić information content (AvgIpc) is 2.24.